The molecule has 140 valence electrons. The maximum Gasteiger partial charge on any atom is 0.307 e. The molecule has 2 aliphatic rings. The Hall–Kier alpha value is -2.87. The quantitative estimate of drug-likeness (QED) is 0.662. The monoisotopic (exact) mass is 386 g/mol. The van der Waals surface area contributed by atoms with Crippen molar-refractivity contribution in [3.63, 3.8) is 0 Å². The van der Waals surface area contributed by atoms with Crippen LogP contribution in [0.5, 0.6) is 0 Å². The molecule has 2 heterocycles. The zero-order valence-corrected chi connectivity index (χ0v) is 15.1. The van der Waals surface area contributed by atoms with Gasteiger partial charge in [-0.05, 0) is 41.8 Å². The summed E-state index contributed by atoms with van der Waals surface area (Å²) >= 11 is 1.24. The molecule has 8 heteroatoms. The number of hydrogen-bond acceptors (Lipinski definition) is 5. The summed E-state index contributed by atoms with van der Waals surface area (Å²) in [7, 11) is 0. The minimum atomic E-state index is -0.949. The largest absolute Gasteiger partial charge is 0.481 e. The molecule has 2 aromatic rings. The normalized spacial score (nSPS) is 25.5. The van der Waals surface area contributed by atoms with Crippen molar-refractivity contribution in [3.05, 3.63) is 53.3 Å². The maximum atomic E-state index is 12.8. The first-order valence-electron chi connectivity index (χ1n) is 8.64. The summed E-state index contributed by atoms with van der Waals surface area (Å²) in [6.45, 7) is 0.243. The second-order valence-electron chi connectivity index (χ2n) is 6.75. The zero-order valence-electron chi connectivity index (χ0n) is 14.3. The minimum absolute atomic E-state index is 0.0627. The van der Waals surface area contributed by atoms with E-state index in [-0.39, 0.29) is 30.2 Å². The molecule has 7 nitrogen and oxygen atoms in total. The summed E-state index contributed by atoms with van der Waals surface area (Å²) in [6, 6.07) is 5.12. The SMILES string of the molecule is O=C(NCc1ccco1)c1ccsc1NC(=O)[C@H]1[C@@H](C(=O)O)[C@H]2C=C[C@H]1C2. The Morgan fingerprint density at radius 2 is 1.96 bits per heavy atom. The molecule has 2 amide bonds. The van der Waals surface area contributed by atoms with Gasteiger partial charge in [0.05, 0.1) is 30.2 Å². The second-order valence-corrected chi connectivity index (χ2v) is 7.67. The molecular weight excluding hydrogens is 368 g/mol. The topological polar surface area (TPSA) is 109 Å². The Balaban J connectivity index is 1.45. The standard InChI is InChI=1S/C19H18N2O5S/c22-16(20-9-12-2-1-6-26-12)13-5-7-27-18(13)21-17(23)14-10-3-4-11(8-10)15(14)19(24)25/h1-7,10-11,14-15H,8-9H2,(H,20,22)(H,21,23)(H,24,25)/t10-,11-,14+,15-/m0/s1. The third kappa shape index (κ3) is 3.28. The first-order chi connectivity index (χ1) is 13.0. The number of carbonyl (C=O) groups is 3. The van der Waals surface area contributed by atoms with Gasteiger partial charge in [-0.15, -0.1) is 11.3 Å². The van der Waals surface area contributed by atoms with Crippen molar-refractivity contribution in [1.29, 1.82) is 0 Å². The van der Waals surface area contributed by atoms with Gasteiger partial charge in [-0.1, -0.05) is 12.2 Å². The average Bonchev–Trinajstić information content (AvgIpc) is 3.42. The van der Waals surface area contributed by atoms with E-state index < -0.39 is 17.8 Å². The van der Waals surface area contributed by atoms with Crippen LogP contribution in [0.4, 0.5) is 5.00 Å². The van der Waals surface area contributed by atoms with Gasteiger partial charge >= 0.3 is 5.97 Å². The maximum absolute atomic E-state index is 12.8. The van der Waals surface area contributed by atoms with Crippen LogP contribution in [0.3, 0.4) is 0 Å². The van der Waals surface area contributed by atoms with Crippen molar-refractivity contribution in [2.45, 2.75) is 13.0 Å². The van der Waals surface area contributed by atoms with E-state index in [1.165, 1.54) is 17.6 Å². The molecule has 2 aliphatic carbocycles. The lowest BCUT2D eigenvalue weighted by Crippen LogP contribution is -2.36. The Morgan fingerprint density at radius 3 is 2.67 bits per heavy atom. The molecular formula is C19H18N2O5S. The van der Waals surface area contributed by atoms with Crippen LogP contribution in [0.15, 0.2) is 46.4 Å². The highest BCUT2D eigenvalue weighted by Gasteiger charge is 2.51. The molecule has 4 atom stereocenters. The van der Waals surface area contributed by atoms with Gasteiger partial charge in [0.1, 0.15) is 10.8 Å². The Bertz CT molecular complexity index is 901. The average molecular weight is 386 g/mol. The number of carbonyl (C=O) groups excluding carboxylic acids is 2. The van der Waals surface area contributed by atoms with E-state index in [9.17, 15) is 19.5 Å². The lowest BCUT2D eigenvalue weighted by Gasteiger charge is -2.23. The Morgan fingerprint density at radius 1 is 1.19 bits per heavy atom. The highest BCUT2D eigenvalue weighted by Crippen LogP contribution is 2.48. The van der Waals surface area contributed by atoms with Crippen LogP contribution in [0.2, 0.25) is 0 Å². The van der Waals surface area contributed by atoms with Gasteiger partial charge in [-0.2, -0.15) is 0 Å². The van der Waals surface area contributed by atoms with Gasteiger partial charge in [0.25, 0.3) is 5.91 Å². The summed E-state index contributed by atoms with van der Waals surface area (Å²) in [6.07, 6.45) is 6.04. The molecule has 0 unspecified atom stereocenters. The Labute approximate surface area is 159 Å². The number of fused-ring (bicyclic) bond motifs is 2. The highest BCUT2D eigenvalue weighted by atomic mass is 32.1. The lowest BCUT2D eigenvalue weighted by atomic mass is 9.82. The molecule has 1 saturated carbocycles. The molecule has 0 aliphatic heterocycles. The highest BCUT2D eigenvalue weighted by molar-refractivity contribution is 7.14. The summed E-state index contributed by atoms with van der Waals surface area (Å²) in [4.78, 5) is 36.8. The zero-order chi connectivity index (χ0) is 19.0. The third-order valence-corrected chi connectivity index (χ3v) is 6.03. The molecule has 0 radical (unpaired) electrons. The second kappa shape index (κ2) is 7.03. The van der Waals surface area contributed by atoms with Gasteiger partial charge < -0.3 is 20.2 Å². The van der Waals surface area contributed by atoms with E-state index >= 15 is 0 Å². The number of carboxylic acids is 1. The first kappa shape index (κ1) is 17.5. The number of rotatable bonds is 6. The predicted molar refractivity (Wildman–Crippen MR) is 98.2 cm³/mol. The van der Waals surface area contributed by atoms with Crippen molar-refractivity contribution in [2.75, 3.05) is 5.32 Å². The smallest absolute Gasteiger partial charge is 0.307 e. The molecule has 3 N–H and O–H groups in total. The predicted octanol–water partition coefficient (Wildman–Crippen LogP) is 2.73. The molecule has 27 heavy (non-hydrogen) atoms. The van der Waals surface area contributed by atoms with Crippen molar-refractivity contribution in [3.8, 4) is 0 Å². The third-order valence-electron chi connectivity index (χ3n) is 5.20. The van der Waals surface area contributed by atoms with Gasteiger partial charge in [0, 0.05) is 0 Å². The summed E-state index contributed by atoms with van der Waals surface area (Å²) in [5.41, 5.74) is 0.352. The fourth-order valence-electron chi connectivity index (χ4n) is 3.97. The molecule has 2 bridgehead atoms. The van der Waals surface area contributed by atoms with Crippen LogP contribution < -0.4 is 10.6 Å². The summed E-state index contributed by atoms with van der Waals surface area (Å²) in [5, 5.41) is 17.2. The van der Waals surface area contributed by atoms with Crippen LogP contribution in [0.25, 0.3) is 0 Å². The van der Waals surface area contributed by atoms with Gasteiger partial charge in [-0.3, -0.25) is 14.4 Å². The van der Waals surface area contributed by atoms with Crippen molar-refractivity contribution in [2.24, 2.45) is 23.7 Å². The van der Waals surface area contributed by atoms with Gasteiger partial charge in [0.2, 0.25) is 5.91 Å². The van der Waals surface area contributed by atoms with Gasteiger partial charge in [-0.25, -0.2) is 0 Å². The molecule has 0 saturated heterocycles. The fraction of sp³-hybridized carbons (Fsp3) is 0.316. The molecule has 0 aromatic carbocycles. The van der Waals surface area contributed by atoms with E-state index in [0.29, 0.717) is 22.7 Å². The van der Waals surface area contributed by atoms with E-state index in [1.54, 1.807) is 23.6 Å². The van der Waals surface area contributed by atoms with Crippen LogP contribution in [0.1, 0.15) is 22.5 Å². The number of hydrogen-bond donors (Lipinski definition) is 3. The fourth-order valence-corrected chi connectivity index (χ4v) is 4.76. The number of allylic oxidation sites excluding steroid dienone is 2. The first-order valence-corrected chi connectivity index (χ1v) is 9.52. The number of thiophene rings is 1. The number of amides is 2. The van der Waals surface area contributed by atoms with E-state index in [2.05, 4.69) is 10.6 Å². The molecule has 0 spiro atoms. The lowest BCUT2D eigenvalue weighted by molar-refractivity contribution is -0.146. The number of nitrogens with one attached hydrogen (secondary N) is 2. The molecule has 2 aromatic heterocycles. The van der Waals surface area contributed by atoms with Crippen LogP contribution >= 0.6 is 11.3 Å². The van der Waals surface area contributed by atoms with Crippen molar-refractivity contribution in [1.82, 2.24) is 5.32 Å². The number of anilines is 1. The number of carboxylic acid groups (broad SMARTS) is 1. The number of furan rings is 1. The molecule has 1 fully saturated rings. The van der Waals surface area contributed by atoms with E-state index in [4.69, 9.17) is 4.42 Å². The van der Waals surface area contributed by atoms with Crippen LogP contribution in [0, 0.1) is 23.7 Å². The molecule has 4 rings (SSSR count). The van der Waals surface area contributed by atoms with E-state index in [1.807, 2.05) is 12.2 Å². The van der Waals surface area contributed by atoms with Gasteiger partial charge in [0.15, 0.2) is 0 Å². The summed E-state index contributed by atoms with van der Waals surface area (Å²) < 4.78 is 5.18. The Kier molecular flexibility index (Phi) is 4.57. The van der Waals surface area contributed by atoms with Crippen LogP contribution in [-0.2, 0) is 16.1 Å². The minimum Gasteiger partial charge on any atom is -0.481 e. The van der Waals surface area contributed by atoms with E-state index in [0.717, 1.165) is 0 Å². The number of aliphatic carboxylic acids is 1. The van der Waals surface area contributed by atoms with Crippen molar-refractivity contribution < 1.29 is 23.9 Å². The summed E-state index contributed by atoms with van der Waals surface area (Å²) in [5.74, 6) is -2.48. The van der Waals surface area contributed by atoms with Crippen molar-refractivity contribution >= 4 is 34.1 Å². The van der Waals surface area contributed by atoms with Crippen LogP contribution in [-0.4, -0.2) is 22.9 Å².